The van der Waals surface area contributed by atoms with Crippen molar-refractivity contribution in [3.05, 3.63) is 30.6 Å². The quantitative estimate of drug-likeness (QED) is 0.563. The summed E-state index contributed by atoms with van der Waals surface area (Å²) < 4.78 is 1.45. The van der Waals surface area contributed by atoms with Crippen LogP contribution in [0, 0.1) is 0 Å². The van der Waals surface area contributed by atoms with Crippen molar-refractivity contribution in [1.82, 2.24) is 9.55 Å². The molecule has 3 heteroatoms. The van der Waals surface area contributed by atoms with Crippen LogP contribution in [0.5, 0.6) is 0 Å². The van der Waals surface area contributed by atoms with Crippen LogP contribution in [-0.4, -0.2) is 16.0 Å². The van der Waals surface area contributed by atoms with Crippen LogP contribution in [0.15, 0.2) is 30.6 Å². The first-order chi connectivity index (χ1) is 5.42. The van der Waals surface area contributed by atoms with Crippen molar-refractivity contribution in [2.24, 2.45) is 0 Å². The highest BCUT2D eigenvalue weighted by Gasteiger charge is 2.04. The highest BCUT2D eigenvalue weighted by atomic mass is 16.1. The molecular weight excluding hydrogens is 140 g/mol. The molecule has 11 heavy (non-hydrogen) atoms. The predicted molar refractivity (Wildman–Crippen MR) is 41.0 cm³/mol. The van der Waals surface area contributed by atoms with Crippen LogP contribution in [0.2, 0.25) is 0 Å². The number of nitrogens with zero attached hydrogens (tertiary/aromatic N) is 2. The fourth-order valence-electron chi connectivity index (χ4n) is 1.08. The third-order valence-corrected chi connectivity index (χ3v) is 1.59. The number of rotatable bonds is 1. The van der Waals surface area contributed by atoms with Gasteiger partial charge in [0, 0.05) is 18.0 Å². The normalized spacial score (nSPS) is 10.2. The second kappa shape index (κ2) is 2.20. The van der Waals surface area contributed by atoms with Crippen LogP contribution in [0.25, 0.3) is 11.4 Å². The van der Waals surface area contributed by atoms with E-state index in [-0.39, 0.29) is 0 Å². The van der Waals surface area contributed by atoms with E-state index < -0.39 is 0 Å². The smallest absolute Gasteiger partial charge is 0.219 e. The Kier molecular flexibility index (Phi) is 1.22. The number of carbonyl (C=O) groups excluding carboxylic acids is 1. The van der Waals surface area contributed by atoms with Gasteiger partial charge in [0.15, 0.2) is 0 Å². The molecule has 0 spiro atoms. The maximum Gasteiger partial charge on any atom is 0.219 e. The summed E-state index contributed by atoms with van der Waals surface area (Å²) in [4.78, 5) is 14.5. The highest BCUT2D eigenvalue weighted by Crippen LogP contribution is 2.17. The lowest BCUT2D eigenvalue weighted by molar-refractivity contribution is 0.547. The molecule has 0 aliphatic carbocycles. The third kappa shape index (κ3) is 0.816. The van der Waals surface area contributed by atoms with E-state index in [2.05, 4.69) is 4.98 Å². The number of hydrogen-bond donors (Lipinski definition) is 0. The molecule has 0 saturated carbocycles. The summed E-state index contributed by atoms with van der Waals surface area (Å²) in [6.07, 6.45) is 4.11. The van der Waals surface area contributed by atoms with E-state index in [9.17, 15) is 4.79 Å². The molecule has 0 fully saturated rings. The lowest BCUT2D eigenvalue weighted by Gasteiger charge is -2.01. The van der Waals surface area contributed by atoms with Gasteiger partial charge in [-0.3, -0.25) is 9.36 Å². The number of pyridine rings is 1. The molecule has 0 unspecified atom stereocenters. The highest BCUT2D eigenvalue weighted by molar-refractivity contribution is 5.67. The number of hydrogen-bond acceptors (Lipinski definition) is 2. The van der Waals surface area contributed by atoms with E-state index in [0.717, 1.165) is 12.0 Å². The first kappa shape index (κ1) is 6.09. The molecule has 0 aromatic carbocycles. The minimum atomic E-state index is 0.711. The molecule has 0 N–H and O–H groups in total. The molecule has 3 nitrogen and oxygen atoms in total. The van der Waals surface area contributed by atoms with E-state index in [4.69, 9.17) is 0 Å². The molecule has 0 aromatic rings. The molecule has 2 heterocycles. The van der Waals surface area contributed by atoms with Gasteiger partial charge in [-0.1, -0.05) is 0 Å². The first-order valence-electron chi connectivity index (χ1n) is 3.28. The summed E-state index contributed by atoms with van der Waals surface area (Å²) in [7, 11) is 0. The van der Waals surface area contributed by atoms with Crippen LogP contribution >= 0.6 is 0 Å². The van der Waals surface area contributed by atoms with Crippen LogP contribution in [0.4, 0.5) is 0 Å². The lowest BCUT2D eigenvalue weighted by atomic mass is 10.2. The van der Waals surface area contributed by atoms with Crippen LogP contribution in [0.3, 0.4) is 0 Å². The second-order valence-electron chi connectivity index (χ2n) is 2.24. The molecule has 2 rings (SSSR count). The Morgan fingerprint density at radius 2 is 2.36 bits per heavy atom. The van der Waals surface area contributed by atoms with Crippen LogP contribution in [-0.2, 0) is 4.79 Å². The summed E-state index contributed by atoms with van der Waals surface area (Å²) >= 11 is 0. The average Bonchev–Trinajstić information content (AvgIpc) is 2.50. The SMILES string of the molecule is O=Cn1cccc2ccnc1-2. The average molecular weight is 146 g/mol. The predicted octanol–water partition coefficient (Wildman–Crippen LogP) is 1.03. The summed E-state index contributed by atoms with van der Waals surface area (Å²) in [5.74, 6) is 0.711. The number of aromatic nitrogens is 2. The maximum atomic E-state index is 10.4. The molecular formula is C8H6N2O. The summed E-state index contributed by atoms with van der Waals surface area (Å²) in [6, 6.07) is 5.61. The molecule has 0 saturated heterocycles. The zero-order valence-electron chi connectivity index (χ0n) is 5.77. The van der Waals surface area contributed by atoms with Crippen molar-refractivity contribution in [3.8, 4) is 11.4 Å². The second-order valence-corrected chi connectivity index (χ2v) is 2.24. The van der Waals surface area contributed by atoms with Gasteiger partial charge in [-0.15, -0.1) is 0 Å². The third-order valence-electron chi connectivity index (χ3n) is 1.59. The number of carbonyl (C=O) groups is 1. The van der Waals surface area contributed by atoms with Crippen molar-refractivity contribution >= 4 is 6.41 Å². The Balaban J connectivity index is 2.75. The van der Waals surface area contributed by atoms with Crippen molar-refractivity contribution in [1.29, 1.82) is 0 Å². The molecule has 0 radical (unpaired) electrons. The molecule has 0 aromatic heterocycles. The summed E-state index contributed by atoms with van der Waals surface area (Å²) in [6.45, 7) is 0. The largest absolute Gasteiger partial charge is 0.278 e. The Morgan fingerprint density at radius 3 is 3.18 bits per heavy atom. The maximum absolute atomic E-state index is 10.4. The minimum Gasteiger partial charge on any atom is -0.278 e. The summed E-state index contributed by atoms with van der Waals surface area (Å²) in [5, 5.41) is 0. The van der Waals surface area contributed by atoms with E-state index in [1.807, 2.05) is 18.2 Å². The molecule has 0 amide bonds. The zero-order valence-corrected chi connectivity index (χ0v) is 5.77. The number of fused-ring (bicyclic) bond motifs is 1. The van der Waals surface area contributed by atoms with Crippen molar-refractivity contribution in [3.63, 3.8) is 0 Å². The van der Waals surface area contributed by atoms with E-state index in [1.54, 1.807) is 12.4 Å². The standard InChI is InChI=1S/C8H6N2O/c11-6-10-5-1-2-7-3-4-9-8(7)10/h1-6H. The topological polar surface area (TPSA) is 34.9 Å². The molecule has 54 valence electrons. The fourth-order valence-corrected chi connectivity index (χ4v) is 1.08. The Labute approximate surface area is 63.6 Å². The molecule has 2 aliphatic heterocycles. The van der Waals surface area contributed by atoms with Gasteiger partial charge in [-0.05, 0) is 18.2 Å². The Bertz CT molecular complexity index is 353. The molecule has 0 atom stereocenters. The van der Waals surface area contributed by atoms with Gasteiger partial charge in [-0.25, -0.2) is 4.98 Å². The van der Waals surface area contributed by atoms with Gasteiger partial charge in [0.25, 0.3) is 0 Å². The summed E-state index contributed by atoms with van der Waals surface area (Å²) in [5.41, 5.74) is 0.986. The van der Waals surface area contributed by atoms with Gasteiger partial charge in [0.2, 0.25) is 6.41 Å². The van der Waals surface area contributed by atoms with E-state index in [0.29, 0.717) is 5.82 Å². The van der Waals surface area contributed by atoms with Gasteiger partial charge >= 0.3 is 0 Å². The lowest BCUT2D eigenvalue weighted by Crippen LogP contribution is -1.99. The van der Waals surface area contributed by atoms with Crippen molar-refractivity contribution < 1.29 is 4.79 Å². The first-order valence-corrected chi connectivity index (χ1v) is 3.28. The fraction of sp³-hybridized carbons (Fsp3) is 0. The van der Waals surface area contributed by atoms with Gasteiger partial charge in [0.05, 0.1) is 0 Å². The van der Waals surface area contributed by atoms with E-state index in [1.165, 1.54) is 4.57 Å². The van der Waals surface area contributed by atoms with Crippen LogP contribution in [0.1, 0.15) is 0 Å². The minimum absolute atomic E-state index is 0.711. The van der Waals surface area contributed by atoms with Crippen molar-refractivity contribution in [2.75, 3.05) is 0 Å². The van der Waals surface area contributed by atoms with Crippen molar-refractivity contribution in [2.45, 2.75) is 0 Å². The molecule has 0 bridgehead atoms. The zero-order chi connectivity index (χ0) is 7.68. The van der Waals surface area contributed by atoms with Crippen LogP contribution < -0.4 is 0 Å². The van der Waals surface area contributed by atoms with Gasteiger partial charge < -0.3 is 0 Å². The Hall–Kier alpha value is -1.64. The van der Waals surface area contributed by atoms with E-state index >= 15 is 0 Å². The monoisotopic (exact) mass is 146 g/mol. The van der Waals surface area contributed by atoms with Gasteiger partial charge in [0.1, 0.15) is 5.82 Å². The molecule has 2 aliphatic rings. The Morgan fingerprint density at radius 1 is 1.45 bits per heavy atom. The van der Waals surface area contributed by atoms with Gasteiger partial charge in [-0.2, -0.15) is 0 Å².